The molecule has 0 amide bonds. The summed E-state index contributed by atoms with van der Waals surface area (Å²) in [6.45, 7) is 4.24. The standard InChI is InChI=1S/C12H24O6/c1-2-3-11(13)10-18-9-8-17-7-6-16-5-4-12(14)15/h11,13H,2-10H2,1H3,(H,14,15). The minimum Gasteiger partial charge on any atom is -0.481 e. The molecule has 18 heavy (non-hydrogen) atoms. The van der Waals surface area contributed by atoms with E-state index in [9.17, 15) is 9.90 Å². The van der Waals surface area contributed by atoms with E-state index in [1.54, 1.807) is 0 Å². The molecule has 0 saturated heterocycles. The second-order valence-corrected chi connectivity index (χ2v) is 3.89. The average Bonchev–Trinajstić information content (AvgIpc) is 2.31. The number of carboxylic acids is 1. The fourth-order valence-corrected chi connectivity index (χ4v) is 1.24. The Morgan fingerprint density at radius 3 is 2.17 bits per heavy atom. The van der Waals surface area contributed by atoms with Crippen LogP contribution >= 0.6 is 0 Å². The molecule has 0 radical (unpaired) electrons. The Morgan fingerprint density at radius 2 is 1.61 bits per heavy atom. The van der Waals surface area contributed by atoms with E-state index in [4.69, 9.17) is 19.3 Å². The van der Waals surface area contributed by atoms with Crippen molar-refractivity contribution in [3.8, 4) is 0 Å². The monoisotopic (exact) mass is 264 g/mol. The molecule has 0 aromatic carbocycles. The third kappa shape index (κ3) is 13.4. The van der Waals surface area contributed by atoms with Crippen LogP contribution in [0.4, 0.5) is 0 Å². The summed E-state index contributed by atoms with van der Waals surface area (Å²) in [6.07, 6.45) is 1.31. The molecule has 0 heterocycles. The molecule has 2 N–H and O–H groups in total. The van der Waals surface area contributed by atoms with Crippen LogP contribution in [0.15, 0.2) is 0 Å². The van der Waals surface area contributed by atoms with Crippen molar-refractivity contribution >= 4 is 5.97 Å². The van der Waals surface area contributed by atoms with E-state index in [-0.39, 0.29) is 13.0 Å². The van der Waals surface area contributed by atoms with Gasteiger partial charge >= 0.3 is 5.97 Å². The van der Waals surface area contributed by atoms with Gasteiger partial charge in [0.2, 0.25) is 0 Å². The number of aliphatic carboxylic acids is 1. The Hall–Kier alpha value is -0.690. The molecule has 108 valence electrons. The van der Waals surface area contributed by atoms with Gasteiger partial charge in [0.05, 0.1) is 52.2 Å². The topological polar surface area (TPSA) is 85.2 Å². The van der Waals surface area contributed by atoms with E-state index >= 15 is 0 Å². The molecule has 6 heteroatoms. The summed E-state index contributed by atoms with van der Waals surface area (Å²) in [7, 11) is 0. The lowest BCUT2D eigenvalue weighted by atomic mass is 10.2. The van der Waals surface area contributed by atoms with Crippen molar-refractivity contribution < 1.29 is 29.2 Å². The van der Waals surface area contributed by atoms with E-state index in [0.717, 1.165) is 12.8 Å². The first-order valence-electron chi connectivity index (χ1n) is 6.30. The molecule has 1 atom stereocenters. The van der Waals surface area contributed by atoms with Crippen LogP contribution in [0.3, 0.4) is 0 Å². The van der Waals surface area contributed by atoms with Gasteiger partial charge in [-0.05, 0) is 6.42 Å². The van der Waals surface area contributed by atoms with Crippen LogP contribution < -0.4 is 0 Å². The van der Waals surface area contributed by atoms with Crippen molar-refractivity contribution in [3.63, 3.8) is 0 Å². The molecule has 0 aliphatic heterocycles. The second-order valence-electron chi connectivity index (χ2n) is 3.89. The predicted molar refractivity (Wildman–Crippen MR) is 65.6 cm³/mol. The number of rotatable bonds is 13. The molecule has 0 aromatic rings. The van der Waals surface area contributed by atoms with Crippen molar-refractivity contribution in [1.82, 2.24) is 0 Å². The van der Waals surface area contributed by atoms with Gasteiger partial charge in [-0.25, -0.2) is 0 Å². The van der Waals surface area contributed by atoms with Crippen LogP contribution in [0.5, 0.6) is 0 Å². The highest BCUT2D eigenvalue weighted by Gasteiger charge is 2.01. The normalized spacial score (nSPS) is 12.6. The van der Waals surface area contributed by atoms with E-state index < -0.39 is 12.1 Å². The Kier molecular flexibility index (Phi) is 12.3. The highest BCUT2D eigenvalue weighted by molar-refractivity contribution is 5.66. The van der Waals surface area contributed by atoms with E-state index in [0.29, 0.717) is 33.0 Å². The molecule has 1 unspecified atom stereocenters. The highest BCUT2D eigenvalue weighted by atomic mass is 16.5. The largest absolute Gasteiger partial charge is 0.481 e. The number of hydrogen-bond acceptors (Lipinski definition) is 5. The molecular weight excluding hydrogens is 240 g/mol. The number of aliphatic hydroxyl groups is 1. The van der Waals surface area contributed by atoms with Gasteiger partial charge in [0, 0.05) is 0 Å². The van der Waals surface area contributed by atoms with Crippen LogP contribution in [0.1, 0.15) is 26.2 Å². The van der Waals surface area contributed by atoms with Gasteiger partial charge in [-0.15, -0.1) is 0 Å². The summed E-state index contributed by atoms with van der Waals surface area (Å²) in [6, 6.07) is 0. The Bertz CT molecular complexity index is 197. The van der Waals surface area contributed by atoms with Gasteiger partial charge in [0.1, 0.15) is 0 Å². The fraction of sp³-hybridized carbons (Fsp3) is 0.917. The summed E-state index contributed by atoms with van der Waals surface area (Å²) in [5.41, 5.74) is 0. The number of aliphatic hydroxyl groups excluding tert-OH is 1. The molecule has 0 bridgehead atoms. The minimum absolute atomic E-state index is 0.0123. The number of hydrogen-bond donors (Lipinski definition) is 2. The van der Waals surface area contributed by atoms with Crippen molar-refractivity contribution in [1.29, 1.82) is 0 Å². The average molecular weight is 264 g/mol. The molecule has 0 aliphatic carbocycles. The van der Waals surface area contributed by atoms with Gasteiger partial charge in [-0.2, -0.15) is 0 Å². The van der Waals surface area contributed by atoms with Crippen molar-refractivity contribution in [2.45, 2.75) is 32.3 Å². The Labute approximate surface area is 108 Å². The molecule has 0 fully saturated rings. The summed E-state index contributed by atoms with van der Waals surface area (Å²) < 4.78 is 15.5. The van der Waals surface area contributed by atoms with E-state index in [1.165, 1.54) is 0 Å². The maximum atomic E-state index is 10.2. The smallest absolute Gasteiger partial charge is 0.305 e. The van der Waals surface area contributed by atoms with Gasteiger partial charge in [-0.3, -0.25) is 4.79 Å². The first kappa shape index (κ1) is 17.3. The molecule has 0 spiro atoms. The van der Waals surface area contributed by atoms with Gasteiger partial charge in [0.25, 0.3) is 0 Å². The molecular formula is C12H24O6. The first-order chi connectivity index (χ1) is 8.66. The van der Waals surface area contributed by atoms with E-state index in [2.05, 4.69) is 0 Å². The maximum absolute atomic E-state index is 10.2. The van der Waals surface area contributed by atoms with Crippen LogP contribution in [-0.4, -0.2) is 61.9 Å². The minimum atomic E-state index is -0.866. The second kappa shape index (κ2) is 12.8. The van der Waals surface area contributed by atoms with Crippen molar-refractivity contribution in [3.05, 3.63) is 0 Å². The molecule has 0 rings (SSSR count). The molecule has 0 saturated carbocycles. The van der Waals surface area contributed by atoms with Gasteiger partial charge in [0.15, 0.2) is 0 Å². The quantitative estimate of drug-likeness (QED) is 0.476. The summed E-state index contributed by atoms with van der Waals surface area (Å²) >= 11 is 0. The Morgan fingerprint density at radius 1 is 1.06 bits per heavy atom. The molecule has 0 aliphatic rings. The SMILES string of the molecule is CCCC(O)COCCOCCOCCC(=O)O. The van der Waals surface area contributed by atoms with Crippen LogP contribution in [0.25, 0.3) is 0 Å². The van der Waals surface area contributed by atoms with Crippen LogP contribution in [0.2, 0.25) is 0 Å². The summed E-state index contributed by atoms with van der Waals surface area (Å²) in [4.78, 5) is 10.2. The zero-order valence-corrected chi connectivity index (χ0v) is 11.0. The number of ether oxygens (including phenoxy) is 3. The lowest BCUT2D eigenvalue weighted by molar-refractivity contribution is -0.138. The van der Waals surface area contributed by atoms with Gasteiger partial charge in [-0.1, -0.05) is 13.3 Å². The highest BCUT2D eigenvalue weighted by Crippen LogP contribution is 1.96. The third-order valence-corrected chi connectivity index (χ3v) is 2.14. The summed E-state index contributed by atoms with van der Waals surface area (Å²) in [5, 5.41) is 17.7. The van der Waals surface area contributed by atoms with Gasteiger partial charge < -0.3 is 24.4 Å². The number of carbonyl (C=O) groups is 1. The van der Waals surface area contributed by atoms with Crippen LogP contribution in [-0.2, 0) is 19.0 Å². The number of carboxylic acid groups (broad SMARTS) is 1. The third-order valence-electron chi connectivity index (χ3n) is 2.14. The molecule has 6 nitrogen and oxygen atoms in total. The van der Waals surface area contributed by atoms with Crippen LogP contribution in [0, 0.1) is 0 Å². The van der Waals surface area contributed by atoms with Crippen molar-refractivity contribution in [2.24, 2.45) is 0 Å². The lowest BCUT2D eigenvalue weighted by Crippen LogP contribution is -2.17. The zero-order chi connectivity index (χ0) is 13.6. The molecule has 0 aromatic heterocycles. The van der Waals surface area contributed by atoms with Crippen molar-refractivity contribution in [2.75, 3.05) is 39.6 Å². The first-order valence-corrected chi connectivity index (χ1v) is 6.30. The fourth-order valence-electron chi connectivity index (χ4n) is 1.24. The maximum Gasteiger partial charge on any atom is 0.305 e. The Balaban J connectivity index is 3.05. The zero-order valence-electron chi connectivity index (χ0n) is 11.0. The lowest BCUT2D eigenvalue weighted by Gasteiger charge is -2.10. The van der Waals surface area contributed by atoms with E-state index in [1.807, 2.05) is 6.92 Å². The summed E-state index contributed by atoms with van der Waals surface area (Å²) in [5.74, 6) is -0.866. The predicted octanol–water partition coefficient (Wildman–Crippen LogP) is 0.672.